The fourth-order valence-corrected chi connectivity index (χ4v) is 6.11. The average molecular weight is 394 g/mol. The number of rotatable bonds is 5. The van der Waals surface area contributed by atoms with Crippen molar-refractivity contribution >= 4 is 23.1 Å². The van der Waals surface area contributed by atoms with Crippen LogP contribution in [-0.2, 0) is 4.57 Å². The van der Waals surface area contributed by atoms with Gasteiger partial charge >= 0.3 is 0 Å². The molecule has 5 heteroatoms. The third kappa shape index (κ3) is 3.18. The molecule has 3 aromatic carbocycles. The molecule has 3 aromatic rings. The van der Waals surface area contributed by atoms with Crippen molar-refractivity contribution in [2.75, 3.05) is 6.61 Å². The molecule has 28 heavy (non-hydrogen) atoms. The molecule has 1 aliphatic heterocycles. The van der Waals surface area contributed by atoms with Gasteiger partial charge < -0.3 is 18.8 Å². The summed E-state index contributed by atoms with van der Waals surface area (Å²) < 4.78 is 32.3. The predicted molar refractivity (Wildman–Crippen MR) is 112 cm³/mol. The van der Waals surface area contributed by atoms with Gasteiger partial charge in [0.2, 0.25) is 11.5 Å². The van der Waals surface area contributed by atoms with Gasteiger partial charge in [-0.15, -0.1) is 0 Å². The number of hydrogen-bond donors (Lipinski definition) is 0. The van der Waals surface area contributed by atoms with Crippen molar-refractivity contribution in [3.8, 4) is 17.2 Å². The van der Waals surface area contributed by atoms with Crippen LogP contribution in [0.25, 0.3) is 0 Å². The van der Waals surface area contributed by atoms with Gasteiger partial charge in [-0.2, -0.15) is 0 Å². The van der Waals surface area contributed by atoms with Crippen LogP contribution in [0.5, 0.6) is 17.2 Å². The fourth-order valence-electron chi connectivity index (χ4n) is 3.44. The SMILES string of the molecule is CCOc1cc(P(=O)(c2ccccc2)c2ccccc2)cc2c1OC(C)(C)O2. The molecule has 0 aliphatic carbocycles. The van der Waals surface area contributed by atoms with Gasteiger partial charge in [0, 0.05) is 29.8 Å². The Balaban J connectivity index is 1.96. The molecule has 0 spiro atoms. The van der Waals surface area contributed by atoms with Gasteiger partial charge in [-0.3, -0.25) is 0 Å². The summed E-state index contributed by atoms with van der Waals surface area (Å²) in [5, 5.41) is 2.19. The summed E-state index contributed by atoms with van der Waals surface area (Å²) in [7, 11) is -3.12. The summed E-state index contributed by atoms with van der Waals surface area (Å²) in [6, 6.07) is 22.8. The Kier molecular flexibility index (Phi) is 4.68. The van der Waals surface area contributed by atoms with Crippen LogP contribution in [0.3, 0.4) is 0 Å². The zero-order valence-corrected chi connectivity index (χ0v) is 17.1. The van der Waals surface area contributed by atoms with Crippen molar-refractivity contribution in [2.45, 2.75) is 26.6 Å². The number of fused-ring (bicyclic) bond motifs is 1. The smallest absolute Gasteiger partial charge is 0.246 e. The van der Waals surface area contributed by atoms with Crippen molar-refractivity contribution in [1.29, 1.82) is 0 Å². The third-order valence-corrected chi connectivity index (χ3v) is 7.65. The van der Waals surface area contributed by atoms with Gasteiger partial charge in [-0.1, -0.05) is 60.7 Å². The quantitative estimate of drug-likeness (QED) is 0.608. The molecule has 1 aliphatic rings. The van der Waals surface area contributed by atoms with Crippen LogP contribution in [-0.4, -0.2) is 12.4 Å². The first-order chi connectivity index (χ1) is 13.4. The molecule has 0 unspecified atom stereocenters. The van der Waals surface area contributed by atoms with E-state index in [4.69, 9.17) is 14.2 Å². The Morgan fingerprint density at radius 2 is 1.43 bits per heavy atom. The van der Waals surface area contributed by atoms with Gasteiger partial charge in [-0.25, -0.2) is 0 Å². The molecule has 0 saturated heterocycles. The minimum Gasteiger partial charge on any atom is -0.490 e. The number of benzene rings is 3. The fraction of sp³-hybridized carbons (Fsp3) is 0.217. The van der Waals surface area contributed by atoms with Gasteiger partial charge in [0.25, 0.3) is 0 Å². The summed E-state index contributed by atoms with van der Waals surface area (Å²) in [5.41, 5.74) is 0. The van der Waals surface area contributed by atoms with Crippen LogP contribution in [0, 0.1) is 0 Å². The zero-order valence-electron chi connectivity index (χ0n) is 16.2. The van der Waals surface area contributed by atoms with Crippen molar-refractivity contribution in [3.63, 3.8) is 0 Å². The highest BCUT2D eigenvalue weighted by Gasteiger charge is 2.38. The molecule has 1 heterocycles. The molecule has 0 radical (unpaired) electrons. The lowest BCUT2D eigenvalue weighted by Gasteiger charge is -2.21. The van der Waals surface area contributed by atoms with E-state index in [0.29, 0.717) is 29.2 Å². The lowest BCUT2D eigenvalue weighted by molar-refractivity contribution is -0.0440. The largest absolute Gasteiger partial charge is 0.490 e. The van der Waals surface area contributed by atoms with Gasteiger partial charge in [0.05, 0.1) is 6.61 Å². The predicted octanol–water partition coefficient (Wildman–Crippen LogP) is 4.23. The number of hydrogen-bond acceptors (Lipinski definition) is 4. The van der Waals surface area contributed by atoms with Crippen molar-refractivity contribution < 1.29 is 18.8 Å². The first kappa shape index (κ1) is 18.6. The van der Waals surface area contributed by atoms with Crippen LogP contribution in [0.4, 0.5) is 0 Å². The standard InChI is InChI=1S/C23H23O4P/c1-4-25-20-15-19(16-21-22(20)27-23(2,3)26-21)28(24,17-11-7-5-8-12-17)18-13-9-6-10-14-18/h5-16H,4H2,1-3H3. The molecule has 0 saturated carbocycles. The second-order valence-electron chi connectivity index (χ2n) is 7.09. The maximum Gasteiger partial charge on any atom is 0.246 e. The molecule has 0 bridgehead atoms. The lowest BCUT2D eigenvalue weighted by atomic mass is 10.3. The summed E-state index contributed by atoms with van der Waals surface area (Å²) in [6.07, 6.45) is 0. The van der Waals surface area contributed by atoms with Crippen LogP contribution < -0.4 is 30.1 Å². The highest BCUT2D eigenvalue weighted by atomic mass is 31.2. The zero-order chi connectivity index (χ0) is 19.8. The van der Waals surface area contributed by atoms with E-state index in [-0.39, 0.29) is 0 Å². The third-order valence-electron chi connectivity index (χ3n) is 4.61. The van der Waals surface area contributed by atoms with E-state index >= 15 is 0 Å². The summed E-state index contributed by atoms with van der Waals surface area (Å²) in [5.74, 6) is 0.866. The molecular formula is C23H23O4P. The Hall–Kier alpha value is -2.71. The normalized spacial score (nSPS) is 14.7. The Morgan fingerprint density at radius 3 is 1.96 bits per heavy atom. The van der Waals surface area contributed by atoms with Gasteiger partial charge in [0.15, 0.2) is 18.6 Å². The maximum absolute atomic E-state index is 14.6. The van der Waals surface area contributed by atoms with E-state index in [9.17, 15) is 4.57 Å². The minimum atomic E-state index is -3.12. The lowest BCUT2D eigenvalue weighted by Crippen LogP contribution is -2.29. The van der Waals surface area contributed by atoms with Crippen LogP contribution in [0.1, 0.15) is 20.8 Å². The molecule has 0 aromatic heterocycles. The highest BCUT2D eigenvalue weighted by molar-refractivity contribution is 7.85. The Labute approximate surface area is 165 Å². The molecule has 144 valence electrons. The van der Waals surface area contributed by atoms with E-state index in [1.807, 2.05) is 93.6 Å². The second kappa shape index (κ2) is 7.03. The molecule has 0 fully saturated rings. The van der Waals surface area contributed by atoms with Crippen molar-refractivity contribution in [2.24, 2.45) is 0 Å². The van der Waals surface area contributed by atoms with Crippen LogP contribution in [0.15, 0.2) is 72.8 Å². The second-order valence-corrected chi connectivity index (χ2v) is 9.86. The van der Waals surface area contributed by atoms with Crippen molar-refractivity contribution in [3.05, 3.63) is 72.8 Å². The molecule has 0 N–H and O–H groups in total. The monoisotopic (exact) mass is 394 g/mol. The van der Waals surface area contributed by atoms with E-state index in [1.54, 1.807) is 0 Å². The maximum atomic E-state index is 14.6. The van der Waals surface area contributed by atoms with E-state index in [0.717, 1.165) is 10.6 Å². The molecule has 0 amide bonds. The van der Waals surface area contributed by atoms with Gasteiger partial charge in [-0.05, 0) is 19.1 Å². The molecular weight excluding hydrogens is 371 g/mol. The molecule has 4 rings (SSSR count). The summed E-state index contributed by atoms with van der Waals surface area (Å²) in [4.78, 5) is 0. The topological polar surface area (TPSA) is 44.8 Å². The Bertz CT molecular complexity index is 986. The Morgan fingerprint density at radius 1 is 0.857 bits per heavy atom. The van der Waals surface area contributed by atoms with Crippen LogP contribution >= 0.6 is 7.14 Å². The molecule has 0 atom stereocenters. The number of ether oxygens (including phenoxy) is 3. The minimum absolute atomic E-state index is 0.473. The van der Waals surface area contributed by atoms with Crippen molar-refractivity contribution in [1.82, 2.24) is 0 Å². The van der Waals surface area contributed by atoms with Crippen LogP contribution in [0.2, 0.25) is 0 Å². The van der Waals surface area contributed by atoms with E-state index in [2.05, 4.69) is 0 Å². The van der Waals surface area contributed by atoms with E-state index < -0.39 is 12.9 Å². The summed E-state index contributed by atoms with van der Waals surface area (Å²) in [6.45, 7) is 6.07. The van der Waals surface area contributed by atoms with Gasteiger partial charge in [0.1, 0.15) is 0 Å². The molecule has 4 nitrogen and oxygen atoms in total. The highest BCUT2D eigenvalue weighted by Crippen LogP contribution is 2.50. The first-order valence-electron chi connectivity index (χ1n) is 9.35. The van der Waals surface area contributed by atoms with E-state index in [1.165, 1.54) is 0 Å². The average Bonchev–Trinajstić information content (AvgIpc) is 3.03. The summed E-state index contributed by atoms with van der Waals surface area (Å²) >= 11 is 0. The first-order valence-corrected chi connectivity index (χ1v) is 11.1.